The van der Waals surface area contributed by atoms with Crippen LogP contribution in [0.1, 0.15) is 27.2 Å². The zero-order valence-corrected chi connectivity index (χ0v) is 16.8. The molecule has 2 heterocycles. The number of fused-ring (bicyclic) bond motifs is 1. The van der Waals surface area contributed by atoms with Gasteiger partial charge >= 0.3 is 0 Å². The van der Waals surface area contributed by atoms with E-state index in [-0.39, 0.29) is 11.9 Å². The molecule has 1 aromatic heterocycles. The van der Waals surface area contributed by atoms with Crippen molar-refractivity contribution in [3.8, 4) is 0 Å². The molecule has 1 aliphatic heterocycles. The summed E-state index contributed by atoms with van der Waals surface area (Å²) in [6, 6.07) is 8.28. The first-order chi connectivity index (χ1) is 12.0. The summed E-state index contributed by atoms with van der Waals surface area (Å²) in [5.74, 6) is 2.02. The Morgan fingerprint density at radius 3 is 2.80 bits per heavy atom. The molecule has 1 fully saturated rings. The van der Waals surface area contributed by atoms with Crippen LogP contribution in [0.3, 0.4) is 0 Å². The van der Waals surface area contributed by atoms with Crippen molar-refractivity contribution in [2.45, 2.75) is 37.6 Å². The number of hydrogen-bond acceptors (Lipinski definition) is 5. The number of benzene rings is 1. The Morgan fingerprint density at radius 1 is 1.36 bits per heavy atom. The van der Waals surface area contributed by atoms with Crippen LogP contribution in [0.4, 0.5) is 0 Å². The molecule has 1 N–H and O–H groups in total. The maximum atomic E-state index is 12.2. The molecule has 0 radical (unpaired) electrons. The van der Waals surface area contributed by atoms with Gasteiger partial charge in [-0.25, -0.2) is 4.98 Å². The van der Waals surface area contributed by atoms with Crippen LogP contribution in [0.25, 0.3) is 10.2 Å². The Balaban J connectivity index is 1.43. The maximum absolute atomic E-state index is 12.2. The van der Waals surface area contributed by atoms with Crippen molar-refractivity contribution < 1.29 is 4.79 Å². The van der Waals surface area contributed by atoms with Crippen LogP contribution in [-0.2, 0) is 4.79 Å². The predicted molar refractivity (Wildman–Crippen MR) is 107 cm³/mol. The van der Waals surface area contributed by atoms with E-state index in [1.54, 1.807) is 11.3 Å². The maximum Gasteiger partial charge on any atom is 0.230 e. The number of carbonyl (C=O) groups excluding carboxylic acids is 1. The van der Waals surface area contributed by atoms with E-state index in [2.05, 4.69) is 42.0 Å². The lowest BCUT2D eigenvalue weighted by molar-refractivity contribution is -0.119. The number of thiazole rings is 1. The van der Waals surface area contributed by atoms with Gasteiger partial charge in [-0.3, -0.25) is 4.79 Å². The normalized spacial score (nSPS) is 22.8. The van der Waals surface area contributed by atoms with Crippen molar-refractivity contribution in [3.05, 3.63) is 24.3 Å². The van der Waals surface area contributed by atoms with E-state index in [1.807, 2.05) is 18.2 Å². The first-order valence-electron chi connectivity index (χ1n) is 8.99. The molecule has 1 aliphatic rings. The highest BCUT2D eigenvalue weighted by Gasteiger charge is 2.23. The van der Waals surface area contributed by atoms with E-state index >= 15 is 0 Å². The van der Waals surface area contributed by atoms with Gasteiger partial charge in [-0.2, -0.15) is 0 Å². The molecule has 2 aromatic rings. The van der Waals surface area contributed by atoms with Crippen LogP contribution < -0.4 is 5.32 Å². The van der Waals surface area contributed by atoms with E-state index in [4.69, 9.17) is 0 Å². The van der Waals surface area contributed by atoms with E-state index in [9.17, 15) is 4.79 Å². The number of hydrogen-bond donors (Lipinski definition) is 1. The average molecular weight is 378 g/mol. The lowest BCUT2D eigenvalue weighted by Gasteiger charge is -2.36. The van der Waals surface area contributed by atoms with Crippen LogP contribution in [0.5, 0.6) is 0 Å². The molecule has 0 spiro atoms. The fourth-order valence-electron chi connectivity index (χ4n) is 3.73. The van der Waals surface area contributed by atoms with Crippen molar-refractivity contribution >= 4 is 39.2 Å². The number of nitrogens with zero attached hydrogens (tertiary/aromatic N) is 2. The Hall–Kier alpha value is -1.11. The minimum atomic E-state index is 0.0925. The number of rotatable bonds is 6. The number of para-hydroxylation sites is 1. The summed E-state index contributed by atoms with van der Waals surface area (Å²) in [5, 5.41) is 3.14. The molecule has 4 nitrogen and oxygen atoms in total. The second kappa shape index (κ2) is 8.52. The summed E-state index contributed by atoms with van der Waals surface area (Å²) >= 11 is 3.18. The second-order valence-electron chi connectivity index (χ2n) is 7.37. The molecule has 3 rings (SSSR count). The van der Waals surface area contributed by atoms with E-state index in [0.717, 1.165) is 41.3 Å². The molecule has 0 aliphatic carbocycles. The largest absolute Gasteiger partial charge is 0.352 e. The molecule has 1 amide bonds. The van der Waals surface area contributed by atoms with Gasteiger partial charge in [-0.15, -0.1) is 11.3 Å². The van der Waals surface area contributed by atoms with Gasteiger partial charge in [0, 0.05) is 25.7 Å². The van der Waals surface area contributed by atoms with Gasteiger partial charge in [0.25, 0.3) is 0 Å². The van der Waals surface area contributed by atoms with E-state index in [1.165, 1.54) is 22.9 Å². The first kappa shape index (κ1) is 18.7. The van der Waals surface area contributed by atoms with Gasteiger partial charge in [0.15, 0.2) is 4.34 Å². The Kier molecular flexibility index (Phi) is 6.36. The zero-order valence-electron chi connectivity index (χ0n) is 15.2. The Labute approximate surface area is 158 Å². The smallest absolute Gasteiger partial charge is 0.230 e. The highest BCUT2D eigenvalue weighted by atomic mass is 32.2. The van der Waals surface area contributed by atoms with Crippen molar-refractivity contribution in [1.29, 1.82) is 0 Å². The van der Waals surface area contributed by atoms with Gasteiger partial charge in [0.2, 0.25) is 5.91 Å². The third-order valence-electron chi connectivity index (χ3n) is 4.48. The highest BCUT2D eigenvalue weighted by Crippen LogP contribution is 2.29. The van der Waals surface area contributed by atoms with Crippen LogP contribution in [0.15, 0.2) is 28.6 Å². The Bertz CT molecular complexity index is 675. The highest BCUT2D eigenvalue weighted by molar-refractivity contribution is 8.01. The molecule has 1 aromatic carbocycles. The minimum Gasteiger partial charge on any atom is -0.352 e. The lowest BCUT2D eigenvalue weighted by atomic mass is 9.92. The van der Waals surface area contributed by atoms with Crippen molar-refractivity contribution in [2.24, 2.45) is 11.8 Å². The fourth-order valence-corrected chi connectivity index (χ4v) is 5.61. The molecule has 6 heteroatoms. The Morgan fingerprint density at radius 2 is 2.08 bits per heavy atom. The van der Waals surface area contributed by atoms with Crippen LogP contribution in [0.2, 0.25) is 0 Å². The molecule has 136 valence electrons. The third-order valence-corrected chi connectivity index (χ3v) is 6.66. The summed E-state index contributed by atoms with van der Waals surface area (Å²) < 4.78 is 2.13. The minimum absolute atomic E-state index is 0.0925. The summed E-state index contributed by atoms with van der Waals surface area (Å²) in [6.07, 6.45) is 1.32. The molecule has 1 saturated heterocycles. The second-order valence-corrected chi connectivity index (χ2v) is 9.62. The average Bonchev–Trinajstić information content (AvgIpc) is 2.94. The number of amides is 1. The third kappa shape index (κ3) is 5.43. The first-order valence-corrected chi connectivity index (χ1v) is 10.8. The monoisotopic (exact) mass is 377 g/mol. The molecular weight excluding hydrogens is 350 g/mol. The summed E-state index contributed by atoms with van der Waals surface area (Å²) in [5.41, 5.74) is 1.01. The number of thioether (sulfide) groups is 1. The SMILES string of the molecule is CC1CC(C)CN(CC(C)NC(=O)CSc2nc3ccccc3s2)C1. The fraction of sp³-hybridized carbons (Fsp3) is 0.579. The summed E-state index contributed by atoms with van der Waals surface area (Å²) in [6.45, 7) is 9.97. The van der Waals surface area contributed by atoms with Gasteiger partial charge in [0.05, 0.1) is 16.0 Å². The number of nitrogens with one attached hydrogen (secondary N) is 1. The quantitative estimate of drug-likeness (QED) is 0.776. The topological polar surface area (TPSA) is 45.2 Å². The van der Waals surface area contributed by atoms with Crippen LogP contribution >= 0.6 is 23.1 Å². The molecule has 0 bridgehead atoms. The number of aromatic nitrogens is 1. The van der Waals surface area contributed by atoms with Crippen LogP contribution in [-0.4, -0.2) is 47.2 Å². The van der Waals surface area contributed by atoms with Crippen LogP contribution in [0, 0.1) is 11.8 Å². The number of carbonyl (C=O) groups is 1. The van der Waals surface area contributed by atoms with Crippen molar-refractivity contribution in [2.75, 3.05) is 25.4 Å². The molecule has 0 saturated carbocycles. The molecule has 3 atom stereocenters. The molecular formula is C19H27N3OS2. The molecule has 25 heavy (non-hydrogen) atoms. The zero-order chi connectivity index (χ0) is 17.8. The van der Waals surface area contributed by atoms with Crippen molar-refractivity contribution in [3.63, 3.8) is 0 Å². The van der Waals surface area contributed by atoms with Gasteiger partial charge in [0.1, 0.15) is 0 Å². The van der Waals surface area contributed by atoms with E-state index in [0.29, 0.717) is 5.75 Å². The van der Waals surface area contributed by atoms with Crippen molar-refractivity contribution in [1.82, 2.24) is 15.2 Å². The molecule has 3 unspecified atom stereocenters. The number of piperidine rings is 1. The van der Waals surface area contributed by atoms with Gasteiger partial charge < -0.3 is 10.2 Å². The summed E-state index contributed by atoms with van der Waals surface area (Å²) in [7, 11) is 0. The predicted octanol–water partition coefficient (Wildman–Crippen LogP) is 3.87. The lowest BCUT2D eigenvalue weighted by Crippen LogP contribution is -2.47. The van der Waals surface area contributed by atoms with Gasteiger partial charge in [-0.1, -0.05) is 37.7 Å². The summed E-state index contributed by atoms with van der Waals surface area (Å²) in [4.78, 5) is 19.3. The van der Waals surface area contributed by atoms with E-state index < -0.39 is 0 Å². The number of likely N-dealkylation sites (tertiary alicyclic amines) is 1. The van der Waals surface area contributed by atoms with Gasteiger partial charge in [-0.05, 0) is 37.3 Å². The standard InChI is InChI=1S/C19H27N3OS2/c1-13-8-14(2)10-22(9-13)11-15(3)20-18(23)12-24-19-21-16-6-4-5-7-17(16)25-19/h4-7,13-15H,8-12H2,1-3H3,(H,20,23).